The number of rotatable bonds is 10. The normalized spacial score (nSPS) is 12.9. The fourth-order valence-corrected chi connectivity index (χ4v) is 4.67. The van der Waals surface area contributed by atoms with E-state index in [0.29, 0.717) is 22.7 Å². The Bertz CT molecular complexity index is 1520. The summed E-state index contributed by atoms with van der Waals surface area (Å²) < 4.78 is 10.8. The highest BCUT2D eigenvalue weighted by atomic mass is 16.5. The number of hydrogen-bond acceptors (Lipinski definition) is 6. The van der Waals surface area contributed by atoms with Crippen molar-refractivity contribution in [2.45, 2.75) is 19.5 Å². The van der Waals surface area contributed by atoms with Crippen molar-refractivity contribution in [2.75, 3.05) is 25.6 Å². The van der Waals surface area contributed by atoms with Gasteiger partial charge in [-0.25, -0.2) is 5.43 Å². The summed E-state index contributed by atoms with van der Waals surface area (Å²) in [5, 5.41) is 6.84. The van der Waals surface area contributed by atoms with Crippen molar-refractivity contribution < 1.29 is 19.1 Å². The van der Waals surface area contributed by atoms with Crippen LogP contribution in [0.3, 0.4) is 0 Å². The molecule has 1 aliphatic heterocycles. The van der Waals surface area contributed by atoms with Crippen molar-refractivity contribution in [3.63, 3.8) is 0 Å². The van der Waals surface area contributed by atoms with Crippen molar-refractivity contribution in [3.8, 4) is 11.5 Å². The van der Waals surface area contributed by atoms with E-state index in [9.17, 15) is 9.59 Å². The summed E-state index contributed by atoms with van der Waals surface area (Å²) in [6.07, 6.45) is 2.62. The van der Waals surface area contributed by atoms with E-state index in [1.165, 1.54) is 16.7 Å². The van der Waals surface area contributed by atoms with Crippen LogP contribution in [0.1, 0.15) is 32.6 Å². The van der Waals surface area contributed by atoms with Gasteiger partial charge < -0.3 is 14.8 Å². The van der Waals surface area contributed by atoms with Crippen molar-refractivity contribution in [2.24, 2.45) is 5.10 Å². The van der Waals surface area contributed by atoms with E-state index in [1.54, 1.807) is 49.7 Å². The van der Waals surface area contributed by atoms with Gasteiger partial charge in [0.2, 0.25) is 0 Å². The molecule has 2 N–H and O–H groups in total. The fraction of sp³-hybridized carbons (Fsp3) is 0.182. The summed E-state index contributed by atoms with van der Waals surface area (Å²) in [4.78, 5) is 27.2. The van der Waals surface area contributed by atoms with Crippen LogP contribution in [0.5, 0.6) is 11.5 Å². The van der Waals surface area contributed by atoms with E-state index in [-0.39, 0.29) is 18.4 Å². The smallest absolute Gasteiger partial charge is 0.271 e. The van der Waals surface area contributed by atoms with Gasteiger partial charge in [-0.1, -0.05) is 48.5 Å². The minimum atomic E-state index is -0.298. The molecule has 0 saturated heterocycles. The van der Waals surface area contributed by atoms with Crippen LogP contribution >= 0.6 is 0 Å². The number of hydrazone groups is 1. The predicted octanol–water partition coefficient (Wildman–Crippen LogP) is 5.03. The number of hydrogen-bond donors (Lipinski definition) is 2. The molecule has 8 nitrogen and oxygen atoms in total. The van der Waals surface area contributed by atoms with E-state index < -0.39 is 0 Å². The largest absolute Gasteiger partial charge is 0.495 e. The zero-order valence-corrected chi connectivity index (χ0v) is 22.9. The van der Waals surface area contributed by atoms with Gasteiger partial charge in [0.25, 0.3) is 11.8 Å². The molecular formula is C33H32N4O4. The average Bonchev–Trinajstić information content (AvgIpc) is 3.01. The Kier molecular flexibility index (Phi) is 9.03. The molecule has 0 fully saturated rings. The van der Waals surface area contributed by atoms with Crippen LogP contribution in [0.4, 0.5) is 5.69 Å². The molecule has 4 aromatic carbocycles. The third-order valence-electron chi connectivity index (χ3n) is 6.84. The third kappa shape index (κ3) is 7.58. The van der Waals surface area contributed by atoms with Gasteiger partial charge in [0, 0.05) is 25.2 Å². The molecule has 0 bridgehead atoms. The van der Waals surface area contributed by atoms with E-state index >= 15 is 0 Å². The minimum Gasteiger partial charge on any atom is -0.495 e. The summed E-state index contributed by atoms with van der Waals surface area (Å²) in [6.45, 7) is 2.67. The lowest BCUT2D eigenvalue weighted by molar-refractivity contribution is -0.118. The van der Waals surface area contributed by atoms with Crippen LogP contribution in [0.15, 0.2) is 102 Å². The summed E-state index contributed by atoms with van der Waals surface area (Å²) in [5.74, 6) is 0.539. The van der Waals surface area contributed by atoms with Gasteiger partial charge in [0.15, 0.2) is 6.61 Å². The molecule has 0 saturated carbocycles. The molecule has 0 radical (unpaired) electrons. The van der Waals surface area contributed by atoms with Gasteiger partial charge in [-0.05, 0) is 77.2 Å². The topological polar surface area (TPSA) is 92.3 Å². The maximum Gasteiger partial charge on any atom is 0.271 e. The molecule has 1 heterocycles. The van der Waals surface area contributed by atoms with Gasteiger partial charge in [0.05, 0.1) is 19.0 Å². The number of methoxy groups -OCH3 is 1. The molecule has 8 heteroatoms. The van der Waals surface area contributed by atoms with E-state index in [4.69, 9.17) is 9.47 Å². The number of nitrogens with one attached hydrogen (secondary N) is 2. The van der Waals surface area contributed by atoms with E-state index in [2.05, 4.69) is 45.0 Å². The third-order valence-corrected chi connectivity index (χ3v) is 6.84. The van der Waals surface area contributed by atoms with Crippen molar-refractivity contribution in [1.82, 2.24) is 10.3 Å². The Morgan fingerprint density at radius 1 is 0.902 bits per heavy atom. The molecule has 0 aromatic heterocycles. The first kappa shape index (κ1) is 27.6. The molecule has 0 unspecified atom stereocenters. The van der Waals surface area contributed by atoms with Crippen LogP contribution in [-0.4, -0.2) is 43.2 Å². The molecule has 2 amide bonds. The van der Waals surface area contributed by atoms with Crippen LogP contribution < -0.4 is 20.2 Å². The molecule has 41 heavy (non-hydrogen) atoms. The number of nitrogens with zero attached hydrogens (tertiary/aromatic N) is 2. The number of amides is 2. The van der Waals surface area contributed by atoms with Gasteiger partial charge >= 0.3 is 0 Å². The number of carbonyl (C=O) groups is 2. The highest BCUT2D eigenvalue weighted by Crippen LogP contribution is 2.23. The Morgan fingerprint density at radius 3 is 2.41 bits per heavy atom. The van der Waals surface area contributed by atoms with Gasteiger partial charge in [-0.15, -0.1) is 0 Å². The van der Waals surface area contributed by atoms with Crippen LogP contribution in [0.2, 0.25) is 0 Å². The average molecular weight is 549 g/mol. The predicted molar refractivity (Wildman–Crippen MR) is 159 cm³/mol. The zero-order chi connectivity index (χ0) is 28.4. The number of fused-ring (bicyclic) bond motifs is 1. The number of para-hydroxylation sites is 2. The second-order valence-electron chi connectivity index (χ2n) is 9.73. The minimum absolute atomic E-state index is 0.147. The van der Waals surface area contributed by atoms with Gasteiger partial charge in [0.1, 0.15) is 11.5 Å². The van der Waals surface area contributed by atoms with E-state index in [1.807, 2.05) is 36.4 Å². The summed E-state index contributed by atoms with van der Waals surface area (Å²) in [7, 11) is 1.55. The fourth-order valence-electron chi connectivity index (χ4n) is 4.67. The highest BCUT2D eigenvalue weighted by molar-refractivity contribution is 5.95. The quantitative estimate of drug-likeness (QED) is 0.214. The summed E-state index contributed by atoms with van der Waals surface area (Å²) >= 11 is 0. The zero-order valence-electron chi connectivity index (χ0n) is 22.9. The van der Waals surface area contributed by atoms with Crippen molar-refractivity contribution in [1.29, 1.82) is 0 Å². The molecule has 208 valence electrons. The van der Waals surface area contributed by atoms with Crippen LogP contribution in [0, 0.1) is 0 Å². The van der Waals surface area contributed by atoms with Gasteiger partial charge in [-0.2, -0.15) is 5.10 Å². The maximum atomic E-state index is 12.5. The van der Waals surface area contributed by atoms with Crippen LogP contribution in [-0.2, 0) is 24.3 Å². The Balaban J connectivity index is 1.06. The standard InChI is InChI=1S/C33H32N4O4/c1-40-31-9-5-4-8-30(31)35-32(38)23-41-29-16-12-24(13-17-29)20-34-36-33(39)27-14-10-25(11-15-27)21-37-19-18-26-6-2-3-7-28(26)22-37/h2-17,20H,18-19,21-23H2,1H3,(H,35,38)(H,36,39)/b34-20+. The lowest BCUT2D eigenvalue weighted by atomic mass is 9.99. The Hall–Kier alpha value is -4.95. The lowest BCUT2D eigenvalue weighted by Gasteiger charge is -2.28. The molecular weight excluding hydrogens is 516 g/mol. The summed E-state index contributed by atoms with van der Waals surface area (Å²) in [5.41, 5.74) is 8.47. The molecule has 4 aromatic rings. The van der Waals surface area contributed by atoms with E-state index in [0.717, 1.165) is 31.6 Å². The highest BCUT2D eigenvalue weighted by Gasteiger charge is 2.16. The van der Waals surface area contributed by atoms with Crippen molar-refractivity contribution >= 4 is 23.7 Å². The van der Waals surface area contributed by atoms with Gasteiger partial charge in [-0.3, -0.25) is 14.5 Å². The SMILES string of the molecule is COc1ccccc1NC(=O)COc1ccc(/C=N/NC(=O)c2ccc(CN3CCc4ccccc4C3)cc2)cc1. The summed E-state index contributed by atoms with van der Waals surface area (Å²) in [6, 6.07) is 30.5. The second kappa shape index (κ2) is 13.4. The molecule has 5 rings (SSSR count). The second-order valence-corrected chi connectivity index (χ2v) is 9.73. The number of carbonyl (C=O) groups excluding carboxylic acids is 2. The first-order chi connectivity index (χ1) is 20.1. The monoisotopic (exact) mass is 548 g/mol. The Morgan fingerprint density at radius 2 is 1.63 bits per heavy atom. The number of ether oxygens (including phenoxy) is 2. The molecule has 0 aliphatic carbocycles. The number of anilines is 1. The first-order valence-electron chi connectivity index (χ1n) is 13.4. The Labute approximate surface area is 239 Å². The number of benzene rings is 4. The van der Waals surface area contributed by atoms with Crippen LogP contribution in [0.25, 0.3) is 0 Å². The molecule has 0 atom stereocenters. The molecule has 1 aliphatic rings. The maximum absolute atomic E-state index is 12.5. The van der Waals surface area contributed by atoms with Crippen molar-refractivity contribution in [3.05, 3.63) is 125 Å². The molecule has 0 spiro atoms. The first-order valence-corrected chi connectivity index (χ1v) is 13.4. The lowest BCUT2D eigenvalue weighted by Crippen LogP contribution is -2.30.